The molecule has 4 atom stereocenters. The number of hydrogen-bond donors (Lipinski definition) is 1. The number of nitrogens with zero attached hydrogens (tertiary/aromatic N) is 3. The summed E-state index contributed by atoms with van der Waals surface area (Å²) in [5, 5.41) is 3.15. The summed E-state index contributed by atoms with van der Waals surface area (Å²) in [5.74, 6) is 2.92. The van der Waals surface area contributed by atoms with Crippen molar-refractivity contribution in [1.29, 1.82) is 0 Å². The van der Waals surface area contributed by atoms with E-state index >= 15 is 0 Å². The first kappa shape index (κ1) is 26.3. The molecule has 3 fully saturated rings. The molecule has 4 heterocycles. The molecule has 1 aromatic heterocycles. The largest absolute Gasteiger partial charge is 0.381 e. The van der Waals surface area contributed by atoms with Gasteiger partial charge in [0.15, 0.2) is 0 Å². The van der Waals surface area contributed by atoms with Crippen molar-refractivity contribution >= 4 is 11.8 Å². The lowest BCUT2D eigenvalue weighted by molar-refractivity contribution is -0.125. The standard InChI is InChI=1S/C30H35FN4O3/c1-4-26-12-19(2)28(20(3)32-26)30(37)35-16-23-14-34(15-24(23)17-35)10-8-27(21-6-5-7-25(31)13-21)33-29(36)22-9-11-38-18-22/h1,5-7,12-13,22-24,27H,8-11,14-18H2,2-3H3,(H,33,36)/t22?,23?,24?,27-/m0/s1. The van der Waals surface area contributed by atoms with Crippen LogP contribution in [0.5, 0.6) is 0 Å². The Kier molecular flexibility index (Phi) is 7.78. The monoisotopic (exact) mass is 518 g/mol. The molecule has 3 aliphatic rings. The summed E-state index contributed by atoms with van der Waals surface area (Å²) in [7, 11) is 0. The van der Waals surface area contributed by atoms with Crippen molar-refractivity contribution in [2.75, 3.05) is 45.9 Å². The minimum absolute atomic E-state index is 0.0282. The highest BCUT2D eigenvalue weighted by atomic mass is 19.1. The fourth-order valence-corrected chi connectivity index (χ4v) is 6.21. The van der Waals surface area contributed by atoms with Crippen molar-refractivity contribution in [2.24, 2.45) is 17.8 Å². The molecule has 1 N–H and O–H groups in total. The Morgan fingerprint density at radius 3 is 2.61 bits per heavy atom. The first-order valence-corrected chi connectivity index (χ1v) is 13.4. The first-order chi connectivity index (χ1) is 18.3. The molecule has 38 heavy (non-hydrogen) atoms. The number of aromatic nitrogens is 1. The molecule has 0 spiro atoms. The SMILES string of the molecule is C#Cc1cc(C)c(C(=O)N2CC3CN(CC[C@H](NC(=O)C4CCOC4)c4cccc(F)c4)CC3C2)c(C)n1. The maximum atomic E-state index is 14.0. The predicted octanol–water partition coefficient (Wildman–Crippen LogP) is 3.11. The molecule has 2 aromatic rings. The van der Waals surface area contributed by atoms with Crippen LogP contribution in [0.25, 0.3) is 0 Å². The molecular formula is C30H35FN4O3. The van der Waals surface area contributed by atoms with Gasteiger partial charge < -0.3 is 19.9 Å². The van der Waals surface area contributed by atoms with Crippen molar-refractivity contribution in [2.45, 2.75) is 32.7 Å². The topological polar surface area (TPSA) is 74.8 Å². The molecule has 7 nitrogen and oxygen atoms in total. The van der Waals surface area contributed by atoms with E-state index in [1.54, 1.807) is 12.1 Å². The molecule has 2 amide bonds. The van der Waals surface area contributed by atoms with Gasteiger partial charge in [-0.15, -0.1) is 6.42 Å². The van der Waals surface area contributed by atoms with E-state index in [1.807, 2.05) is 24.8 Å². The van der Waals surface area contributed by atoms with Crippen LogP contribution in [0, 0.1) is 49.8 Å². The second-order valence-corrected chi connectivity index (χ2v) is 10.9. The average Bonchev–Trinajstić information content (AvgIpc) is 3.63. The van der Waals surface area contributed by atoms with E-state index in [4.69, 9.17) is 11.2 Å². The Balaban J connectivity index is 1.19. The highest BCUT2D eigenvalue weighted by Crippen LogP contribution is 2.33. The van der Waals surface area contributed by atoms with Crippen LogP contribution in [0.4, 0.5) is 4.39 Å². The zero-order valence-corrected chi connectivity index (χ0v) is 22.1. The van der Waals surface area contributed by atoms with Crippen LogP contribution in [-0.4, -0.2) is 72.5 Å². The Morgan fingerprint density at radius 1 is 1.21 bits per heavy atom. The van der Waals surface area contributed by atoms with Crippen molar-refractivity contribution in [3.05, 3.63) is 64.2 Å². The summed E-state index contributed by atoms with van der Waals surface area (Å²) in [4.78, 5) is 34.9. The molecule has 3 aliphatic heterocycles. The lowest BCUT2D eigenvalue weighted by atomic mass is 10.0. The number of benzene rings is 1. The van der Waals surface area contributed by atoms with Crippen molar-refractivity contribution in [3.63, 3.8) is 0 Å². The third kappa shape index (κ3) is 5.59. The van der Waals surface area contributed by atoms with E-state index in [-0.39, 0.29) is 29.6 Å². The average molecular weight is 519 g/mol. The Labute approximate surface area is 223 Å². The van der Waals surface area contributed by atoms with E-state index in [9.17, 15) is 14.0 Å². The number of hydrogen-bond acceptors (Lipinski definition) is 5. The van der Waals surface area contributed by atoms with Gasteiger partial charge in [0, 0.05) is 39.3 Å². The fourth-order valence-electron chi connectivity index (χ4n) is 6.21. The van der Waals surface area contributed by atoms with Gasteiger partial charge in [-0.2, -0.15) is 0 Å². The number of terminal acetylenes is 1. The smallest absolute Gasteiger partial charge is 0.255 e. The van der Waals surface area contributed by atoms with E-state index in [1.165, 1.54) is 12.1 Å². The van der Waals surface area contributed by atoms with Gasteiger partial charge in [0.1, 0.15) is 11.5 Å². The Hall–Kier alpha value is -3.28. The van der Waals surface area contributed by atoms with Crippen LogP contribution in [0.2, 0.25) is 0 Å². The van der Waals surface area contributed by atoms with Gasteiger partial charge in [0.25, 0.3) is 5.91 Å². The number of carbonyl (C=O) groups is 2. The van der Waals surface area contributed by atoms with Crippen LogP contribution in [0.1, 0.15) is 51.8 Å². The molecular weight excluding hydrogens is 483 g/mol. The van der Waals surface area contributed by atoms with E-state index < -0.39 is 0 Å². The van der Waals surface area contributed by atoms with Gasteiger partial charge in [0.2, 0.25) is 5.91 Å². The number of fused-ring (bicyclic) bond motifs is 1. The maximum absolute atomic E-state index is 14.0. The number of rotatable bonds is 7. The molecule has 0 aliphatic carbocycles. The first-order valence-electron chi connectivity index (χ1n) is 13.4. The number of halogens is 1. The normalized spacial score (nSPS) is 23.7. The third-order valence-corrected chi connectivity index (χ3v) is 8.21. The number of aryl methyl sites for hydroxylation is 2. The van der Waals surface area contributed by atoms with Gasteiger partial charge in [0.05, 0.1) is 29.8 Å². The lowest BCUT2D eigenvalue weighted by Gasteiger charge is -2.26. The molecule has 1 aromatic carbocycles. The number of likely N-dealkylation sites (tertiary alicyclic amines) is 2. The molecule has 5 rings (SSSR count). The van der Waals surface area contributed by atoms with Crippen LogP contribution < -0.4 is 5.32 Å². The minimum atomic E-state index is -0.305. The second kappa shape index (κ2) is 11.2. The molecule has 0 radical (unpaired) electrons. The van der Waals surface area contributed by atoms with Crippen molar-refractivity contribution in [3.8, 4) is 12.3 Å². The minimum Gasteiger partial charge on any atom is -0.381 e. The summed E-state index contributed by atoms with van der Waals surface area (Å²) >= 11 is 0. The van der Waals surface area contributed by atoms with E-state index in [2.05, 4.69) is 21.1 Å². The second-order valence-electron chi connectivity index (χ2n) is 10.9. The molecule has 0 saturated carbocycles. The molecule has 3 unspecified atom stereocenters. The van der Waals surface area contributed by atoms with Crippen LogP contribution in [-0.2, 0) is 9.53 Å². The van der Waals surface area contributed by atoms with Gasteiger partial charge in [-0.3, -0.25) is 9.59 Å². The van der Waals surface area contributed by atoms with Gasteiger partial charge >= 0.3 is 0 Å². The number of amides is 2. The fraction of sp³-hybridized carbons (Fsp3) is 0.500. The summed E-state index contributed by atoms with van der Waals surface area (Å²) in [6.45, 7) is 8.84. The number of nitrogens with one attached hydrogen (secondary N) is 1. The Morgan fingerprint density at radius 2 is 1.97 bits per heavy atom. The van der Waals surface area contributed by atoms with Crippen LogP contribution in [0.15, 0.2) is 30.3 Å². The third-order valence-electron chi connectivity index (χ3n) is 8.21. The zero-order chi connectivity index (χ0) is 26.8. The highest BCUT2D eigenvalue weighted by Gasteiger charge is 2.42. The zero-order valence-electron chi connectivity index (χ0n) is 22.1. The summed E-state index contributed by atoms with van der Waals surface area (Å²) in [6, 6.07) is 8.02. The van der Waals surface area contributed by atoms with Gasteiger partial charge in [-0.05, 0) is 67.9 Å². The van der Waals surface area contributed by atoms with E-state index in [0.29, 0.717) is 48.4 Å². The summed E-state index contributed by atoms with van der Waals surface area (Å²) < 4.78 is 19.4. The maximum Gasteiger partial charge on any atom is 0.255 e. The molecule has 8 heteroatoms. The molecule has 200 valence electrons. The quantitative estimate of drug-likeness (QED) is 0.571. The predicted molar refractivity (Wildman–Crippen MR) is 142 cm³/mol. The van der Waals surface area contributed by atoms with Gasteiger partial charge in [-0.1, -0.05) is 18.1 Å². The summed E-state index contributed by atoms with van der Waals surface area (Å²) in [6.07, 6.45) is 6.90. The van der Waals surface area contributed by atoms with Crippen LogP contribution in [0.3, 0.4) is 0 Å². The molecule has 0 bridgehead atoms. The number of carbonyl (C=O) groups excluding carboxylic acids is 2. The number of pyridine rings is 1. The van der Waals surface area contributed by atoms with Gasteiger partial charge in [-0.25, -0.2) is 9.37 Å². The van der Waals surface area contributed by atoms with Crippen molar-refractivity contribution < 1.29 is 18.7 Å². The lowest BCUT2D eigenvalue weighted by Crippen LogP contribution is -2.37. The highest BCUT2D eigenvalue weighted by molar-refractivity contribution is 5.97. The van der Waals surface area contributed by atoms with Crippen LogP contribution >= 0.6 is 0 Å². The number of ether oxygens (including phenoxy) is 1. The Bertz CT molecular complexity index is 1220. The summed E-state index contributed by atoms with van der Waals surface area (Å²) in [5.41, 5.74) is 3.53. The van der Waals surface area contributed by atoms with Crippen molar-refractivity contribution in [1.82, 2.24) is 20.1 Å². The van der Waals surface area contributed by atoms with E-state index in [0.717, 1.165) is 50.3 Å². The molecule has 3 saturated heterocycles.